The van der Waals surface area contributed by atoms with Gasteiger partial charge < -0.3 is 9.47 Å². The van der Waals surface area contributed by atoms with Crippen molar-refractivity contribution in [2.75, 3.05) is 7.11 Å². The maximum atomic E-state index is 11.1. The van der Waals surface area contributed by atoms with Crippen LogP contribution in [-0.2, 0) is 14.3 Å². The fraction of sp³-hybridized carbons (Fsp3) is 0.714. The van der Waals surface area contributed by atoms with Gasteiger partial charge in [0.15, 0.2) is 11.9 Å². The number of nitrogens with zero attached hydrogens (tertiary/aromatic N) is 1. The monoisotopic (exact) mass is 157 g/mol. The fourth-order valence-corrected chi connectivity index (χ4v) is 0.894. The summed E-state index contributed by atoms with van der Waals surface area (Å²) >= 11 is 0. The molecule has 2 atom stereocenters. The predicted octanol–water partition coefficient (Wildman–Crippen LogP) is 0.365. The normalized spacial score (nSPS) is 35.0. The van der Waals surface area contributed by atoms with Crippen molar-refractivity contribution < 1.29 is 14.3 Å². The molecule has 4 nitrogen and oxygen atoms in total. The Balaban J connectivity index is 2.80. The van der Waals surface area contributed by atoms with Gasteiger partial charge in [0.05, 0.1) is 7.11 Å². The van der Waals surface area contributed by atoms with Gasteiger partial charge in [-0.3, -0.25) is 0 Å². The number of carbonyl (C=O) groups is 1. The molecule has 4 heteroatoms. The molecule has 0 radical (unpaired) electrons. The van der Waals surface area contributed by atoms with Crippen LogP contribution in [0.4, 0.5) is 0 Å². The van der Waals surface area contributed by atoms with Crippen molar-refractivity contribution >= 4 is 12.4 Å². The van der Waals surface area contributed by atoms with Gasteiger partial charge in [0.1, 0.15) is 6.10 Å². The second-order valence-corrected chi connectivity index (χ2v) is 2.65. The van der Waals surface area contributed by atoms with Gasteiger partial charge in [-0.05, 0) is 13.8 Å². The molecule has 0 fully saturated rings. The van der Waals surface area contributed by atoms with Gasteiger partial charge in [-0.25, -0.2) is 9.79 Å². The van der Waals surface area contributed by atoms with E-state index >= 15 is 0 Å². The average Bonchev–Trinajstić information content (AvgIpc) is 2.32. The molecule has 0 unspecified atom stereocenters. The van der Waals surface area contributed by atoms with E-state index in [2.05, 4.69) is 9.73 Å². The van der Waals surface area contributed by atoms with E-state index in [0.29, 0.717) is 0 Å². The minimum absolute atomic E-state index is 0.241. The van der Waals surface area contributed by atoms with E-state index < -0.39 is 5.54 Å². The average molecular weight is 157 g/mol. The summed E-state index contributed by atoms with van der Waals surface area (Å²) in [7, 11) is 1.34. The minimum atomic E-state index is -0.852. The van der Waals surface area contributed by atoms with Crippen LogP contribution >= 0.6 is 0 Å². The van der Waals surface area contributed by atoms with Crippen LogP contribution in [0.5, 0.6) is 0 Å². The van der Waals surface area contributed by atoms with Gasteiger partial charge in [-0.1, -0.05) is 0 Å². The summed E-state index contributed by atoms with van der Waals surface area (Å²) in [5.74, 6) is -0.362. The summed E-state index contributed by atoms with van der Waals surface area (Å²) in [5, 5.41) is 0. The molecule has 1 heterocycles. The van der Waals surface area contributed by atoms with E-state index in [-0.39, 0.29) is 12.1 Å². The quantitative estimate of drug-likeness (QED) is 0.516. The first-order valence-electron chi connectivity index (χ1n) is 3.39. The number of hydrogen-bond acceptors (Lipinski definition) is 4. The molecular weight excluding hydrogens is 146 g/mol. The highest BCUT2D eigenvalue weighted by molar-refractivity contribution is 5.84. The highest BCUT2D eigenvalue weighted by atomic mass is 16.5. The Morgan fingerprint density at radius 1 is 1.82 bits per heavy atom. The van der Waals surface area contributed by atoms with Crippen LogP contribution in [0.25, 0.3) is 0 Å². The SMILES string of the molecule is COC(=O)[C@@]1(C)N=CO[C@H]1C. The molecule has 0 aromatic rings. The molecule has 0 spiro atoms. The van der Waals surface area contributed by atoms with Crippen molar-refractivity contribution in [1.82, 2.24) is 0 Å². The van der Waals surface area contributed by atoms with Gasteiger partial charge in [0.25, 0.3) is 0 Å². The topological polar surface area (TPSA) is 47.9 Å². The first kappa shape index (κ1) is 8.04. The third-order valence-electron chi connectivity index (χ3n) is 1.98. The molecule has 0 aliphatic carbocycles. The van der Waals surface area contributed by atoms with Crippen molar-refractivity contribution in [3.05, 3.63) is 0 Å². The molecule has 0 aromatic carbocycles. The third kappa shape index (κ3) is 1.08. The van der Waals surface area contributed by atoms with E-state index in [9.17, 15) is 4.79 Å². The molecule has 62 valence electrons. The smallest absolute Gasteiger partial charge is 0.337 e. The molecule has 1 aliphatic heterocycles. The highest BCUT2D eigenvalue weighted by Gasteiger charge is 2.44. The van der Waals surface area contributed by atoms with Crippen LogP contribution in [0.1, 0.15) is 13.8 Å². The van der Waals surface area contributed by atoms with E-state index in [1.807, 2.05) is 0 Å². The maximum absolute atomic E-state index is 11.1. The largest absolute Gasteiger partial charge is 0.477 e. The molecule has 0 bridgehead atoms. The van der Waals surface area contributed by atoms with Crippen molar-refractivity contribution in [2.24, 2.45) is 4.99 Å². The van der Waals surface area contributed by atoms with Crippen molar-refractivity contribution in [1.29, 1.82) is 0 Å². The molecule has 11 heavy (non-hydrogen) atoms. The van der Waals surface area contributed by atoms with Crippen LogP contribution in [0.2, 0.25) is 0 Å². The fourth-order valence-electron chi connectivity index (χ4n) is 0.894. The first-order valence-corrected chi connectivity index (χ1v) is 3.39. The Morgan fingerprint density at radius 2 is 2.45 bits per heavy atom. The zero-order chi connectivity index (χ0) is 8.48. The standard InChI is InChI=1S/C7H11NO3/c1-5-7(2,6(9)10-3)8-4-11-5/h4-5H,1-3H3/t5-,7-/m0/s1. The molecule has 0 saturated heterocycles. The van der Waals surface area contributed by atoms with Crippen LogP contribution in [0.15, 0.2) is 4.99 Å². The van der Waals surface area contributed by atoms with Gasteiger partial charge >= 0.3 is 5.97 Å². The second kappa shape index (κ2) is 2.53. The van der Waals surface area contributed by atoms with Gasteiger partial charge in [-0.2, -0.15) is 0 Å². The molecule has 0 aromatic heterocycles. The van der Waals surface area contributed by atoms with E-state index in [1.54, 1.807) is 13.8 Å². The van der Waals surface area contributed by atoms with Crippen LogP contribution < -0.4 is 0 Å². The van der Waals surface area contributed by atoms with E-state index in [4.69, 9.17) is 4.74 Å². The Bertz CT molecular complexity index is 202. The predicted molar refractivity (Wildman–Crippen MR) is 39.5 cm³/mol. The maximum Gasteiger partial charge on any atom is 0.337 e. The molecule has 0 N–H and O–H groups in total. The Labute approximate surface area is 65.2 Å². The molecule has 0 amide bonds. The van der Waals surface area contributed by atoms with Crippen molar-refractivity contribution in [2.45, 2.75) is 25.5 Å². The van der Waals surface area contributed by atoms with Crippen LogP contribution in [0.3, 0.4) is 0 Å². The van der Waals surface area contributed by atoms with Crippen LogP contribution in [-0.4, -0.2) is 31.1 Å². The third-order valence-corrected chi connectivity index (χ3v) is 1.98. The summed E-state index contributed by atoms with van der Waals surface area (Å²) in [6, 6.07) is 0. The molecule has 0 saturated carbocycles. The van der Waals surface area contributed by atoms with Crippen molar-refractivity contribution in [3.8, 4) is 0 Å². The lowest BCUT2D eigenvalue weighted by Crippen LogP contribution is -2.42. The summed E-state index contributed by atoms with van der Waals surface area (Å²) in [6.45, 7) is 3.47. The summed E-state index contributed by atoms with van der Waals surface area (Å²) in [6.07, 6.45) is 1.05. The summed E-state index contributed by atoms with van der Waals surface area (Å²) in [5.41, 5.74) is -0.852. The number of carbonyl (C=O) groups excluding carboxylic acids is 1. The Hall–Kier alpha value is -1.06. The van der Waals surface area contributed by atoms with Crippen molar-refractivity contribution in [3.63, 3.8) is 0 Å². The number of hydrogen-bond donors (Lipinski definition) is 0. The number of rotatable bonds is 1. The number of ether oxygens (including phenoxy) is 2. The lowest BCUT2D eigenvalue weighted by Gasteiger charge is -2.20. The summed E-state index contributed by atoms with van der Waals surface area (Å²) in [4.78, 5) is 15.0. The Morgan fingerprint density at radius 3 is 2.82 bits per heavy atom. The molecule has 1 aliphatic rings. The zero-order valence-electron chi connectivity index (χ0n) is 6.83. The van der Waals surface area contributed by atoms with E-state index in [1.165, 1.54) is 13.5 Å². The van der Waals surface area contributed by atoms with Gasteiger partial charge in [0.2, 0.25) is 0 Å². The van der Waals surface area contributed by atoms with Gasteiger partial charge in [0, 0.05) is 0 Å². The summed E-state index contributed by atoms with van der Waals surface area (Å²) < 4.78 is 9.57. The second-order valence-electron chi connectivity index (χ2n) is 2.65. The van der Waals surface area contributed by atoms with E-state index in [0.717, 1.165) is 0 Å². The Kier molecular flexibility index (Phi) is 1.85. The van der Waals surface area contributed by atoms with Crippen LogP contribution in [0, 0.1) is 0 Å². The number of aliphatic imine (C=N–C) groups is 1. The minimum Gasteiger partial charge on any atom is -0.477 e. The molecule has 1 rings (SSSR count). The lowest BCUT2D eigenvalue weighted by atomic mass is 9.98. The number of methoxy groups -OCH3 is 1. The highest BCUT2D eigenvalue weighted by Crippen LogP contribution is 2.23. The first-order chi connectivity index (χ1) is 5.11. The lowest BCUT2D eigenvalue weighted by molar-refractivity contribution is -0.148. The zero-order valence-corrected chi connectivity index (χ0v) is 6.83. The molecular formula is C7H11NO3. The number of esters is 1. The van der Waals surface area contributed by atoms with Gasteiger partial charge in [-0.15, -0.1) is 0 Å².